The van der Waals surface area contributed by atoms with Crippen LogP contribution in [0.2, 0.25) is 0 Å². The first kappa shape index (κ1) is 10.3. The molecule has 2 atom stereocenters. The van der Waals surface area contributed by atoms with Gasteiger partial charge in [-0.15, -0.1) is 0 Å². The van der Waals surface area contributed by atoms with Gasteiger partial charge < -0.3 is 15.4 Å². The Kier molecular flexibility index (Phi) is 3.54. The Labute approximate surface area is 79.8 Å². The first-order chi connectivity index (χ1) is 6.20. The summed E-state index contributed by atoms with van der Waals surface area (Å²) in [5, 5.41) is 0. The third-order valence-electron chi connectivity index (χ3n) is 2.56. The van der Waals surface area contributed by atoms with Gasteiger partial charge in [0.2, 0.25) is 0 Å². The zero-order valence-electron chi connectivity index (χ0n) is 8.66. The van der Waals surface area contributed by atoms with E-state index in [0.717, 1.165) is 19.7 Å². The Bertz CT molecular complexity index is 193. The van der Waals surface area contributed by atoms with E-state index in [-0.39, 0.29) is 0 Å². The number of methoxy groups -OCH3 is 1. The summed E-state index contributed by atoms with van der Waals surface area (Å²) in [6.45, 7) is 6.77. The number of likely N-dealkylation sites (N-methyl/N-ethyl adjacent to an activating group) is 1. The third-order valence-corrected chi connectivity index (χ3v) is 2.56. The van der Waals surface area contributed by atoms with Gasteiger partial charge >= 0.3 is 0 Å². The second kappa shape index (κ2) is 4.46. The first-order valence-electron chi connectivity index (χ1n) is 4.76. The van der Waals surface area contributed by atoms with Crippen molar-refractivity contribution in [3.63, 3.8) is 0 Å². The van der Waals surface area contributed by atoms with E-state index in [1.54, 1.807) is 7.11 Å². The topological polar surface area (TPSA) is 50.8 Å². The van der Waals surface area contributed by atoms with E-state index in [1.807, 2.05) is 0 Å². The number of nitrogens with zero attached hydrogens (tertiary/aromatic N) is 2. The summed E-state index contributed by atoms with van der Waals surface area (Å²) in [7, 11) is 1.73. The molecule has 4 heteroatoms. The molecule has 0 saturated carbocycles. The van der Waals surface area contributed by atoms with Gasteiger partial charge in [0.1, 0.15) is 0 Å². The lowest BCUT2D eigenvalue weighted by atomic mass is 10.0. The SMILES string of the molecule is CCN1C(N)=NCC1C(C)COC. The maximum absolute atomic E-state index is 5.75. The van der Waals surface area contributed by atoms with Crippen molar-refractivity contribution in [2.24, 2.45) is 16.6 Å². The van der Waals surface area contributed by atoms with Crippen molar-refractivity contribution < 1.29 is 4.74 Å². The number of nitrogens with two attached hydrogens (primary N) is 1. The Balaban J connectivity index is 2.52. The predicted octanol–water partition coefficient (Wildman–Crippen LogP) is 0.288. The van der Waals surface area contributed by atoms with E-state index in [0.29, 0.717) is 17.9 Å². The molecule has 0 aromatic heterocycles. The van der Waals surface area contributed by atoms with Crippen LogP contribution in [0.25, 0.3) is 0 Å². The summed E-state index contributed by atoms with van der Waals surface area (Å²) in [6, 6.07) is 0.421. The average Bonchev–Trinajstić information content (AvgIpc) is 2.47. The molecule has 1 rings (SSSR count). The number of guanidine groups is 1. The van der Waals surface area contributed by atoms with E-state index < -0.39 is 0 Å². The Morgan fingerprint density at radius 1 is 1.77 bits per heavy atom. The second-order valence-electron chi connectivity index (χ2n) is 3.48. The van der Waals surface area contributed by atoms with E-state index in [2.05, 4.69) is 23.7 Å². The molecule has 0 spiro atoms. The molecular formula is C9H19N3O. The van der Waals surface area contributed by atoms with Gasteiger partial charge in [0.25, 0.3) is 0 Å². The van der Waals surface area contributed by atoms with Crippen molar-refractivity contribution in [2.45, 2.75) is 19.9 Å². The summed E-state index contributed by atoms with van der Waals surface area (Å²) in [5.74, 6) is 1.16. The molecular weight excluding hydrogens is 166 g/mol. The summed E-state index contributed by atoms with van der Waals surface area (Å²) in [5.41, 5.74) is 5.75. The van der Waals surface area contributed by atoms with Crippen LogP contribution in [0.15, 0.2) is 4.99 Å². The molecule has 2 N–H and O–H groups in total. The van der Waals surface area contributed by atoms with Gasteiger partial charge in [-0.25, -0.2) is 0 Å². The molecule has 1 aliphatic heterocycles. The molecule has 1 heterocycles. The molecule has 0 bridgehead atoms. The van der Waals surface area contributed by atoms with Gasteiger partial charge in [-0.05, 0) is 6.92 Å². The molecule has 0 saturated heterocycles. The smallest absolute Gasteiger partial charge is 0.191 e. The minimum Gasteiger partial charge on any atom is -0.384 e. The number of rotatable bonds is 4. The van der Waals surface area contributed by atoms with Crippen molar-refractivity contribution in [2.75, 3.05) is 26.8 Å². The number of aliphatic imine (C=N–C) groups is 1. The molecule has 4 nitrogen and oxygen atoms in total. The second-order valence-corrected chi connectivity index (χ2v) is 3.48. The quantitative estimate of drug-likeness (QED) is 0.685. The van der Waals surface area contributed by atoms with E-state index in [9.17, 15) is 0 Å². The van der Waals surface area contributed by atoms with E-state index in [4.69, 9.17) is 10.5 Å². The average molecular weight is 185 g/mol. The molecule has 0 radical (unpaired) electrons. The number of ether oxygens (including phenoxy) is 1. The summed E-state index contributed by atoms with van der Waals surface area (Å²) < 4.78 is 5.13. The molecule has 0 aromatic rings. The number of hydrogen-bond donors (Lipinski definition) is 1. The standard InChI is InChI=1S/C9H19N3O/c1-4-12-8(5-11-9(12)10)7(2)6-13-3/h7-8H,4-6H2,1-3H3,(H2,10,11). The molecule has 13 heavy (non-hydrogen) atoms. The van der Waals surface area contributed by atoms with Crippen LogP contribution in [0.3, 0.4) is 0 Å². The van der Waals surface area contributed by atoms with Crippen LogP contribution in [0.5, 0.6) is 0 Å². The molecule has 0 aromatic carbocycles. The largest absolute Gasteiger partial charge is 0.384 e. The van der Waals surface area contributed by atoms with Crippen LogP contribution >= 0.6 is 0 Å². The zero-order valence-corrected chi connectivity index (χ0v) is 8.66. The van der Waals surface area contributed by atoms with Crippen LogP contribution < -0.4 is 5.73 Å². The molecule has 0 aliphatic carbocycles. The summed E-state index contributed by atoms with van der Waals surface area (Å²) >= 11 is 0. The highest BCUT2D eigenvalue weighted by molar-refractivity contribution is 5.80. The summed E-state index contributed by atoms with van der Waals surface area (Å²) in [4.78, 5) is 6.38. The monoisotopic (exact) mass is 185 g/mol. The fourth-order valence-corrected chi connectivity index (χ4v) is 1.80. The van der Waals surface area contributed by atoms with Crippen molar-refractivity contribution >= 4 is 5.96 Å². The van der Waals surface area contributed by atoms with Crippen LogP contribution in [0.4, 0.5) is 0 Å². The predicted molar refractivity (Wildman–Crippen MR) is 53.7 cm³/mol. The highest BCUT2D eigenvalue weighted by Crippen LogP contribution is 2.16. The van der Waals surface area contributed by atoms with Crippen molar-refractivity contribution in [3.05, 3.63) is 0 Å². The normalized spacial score (nSPS) is 24.7. The lowest BCUT2D eigenvalue weighted by molar-refractivity contribution is 0.122. The minimum atomic E-state index is 0.421. The highest BCUT2D eigenvalue weighted by atomic mass is 16.5. The zero-order chi connectivity index (χ0) is 9.84. The van der Waals surface area contributed by atoms with E-state index in [1.165, 1.54) is 0 Å². The molecule has 2 unspecified atom stereocenters. The van der Waals surface area contributed by atoms with Gasteiger partial charge in [0.05, 0.1) is 19.2 Å². The maximum atomic E-state index is 5.75. The lowest BCUT2D eigenvalue weighted by Crippen LogP contribution is -2.44. The Hall–Kier alpha value is -0.770. The van der Waals surface area contributed by atoms with Gasteiger partial charge in [0, 0.05) is 19.6 Å². The Morgan fingerprint density at radius 3 is 3.00 bits per heavy atom. The summed E-state index contributed by atoms with van der Waals surface area (Å²) in [6.07, 6.45) is 0. The van der Waals surface area contributed by atoms with Gasteiger partial charge in [-0.2, -0.15) is 0 Å². The Morgan fingerprint density at radius 2 is 2.46 bits per heavy atom. The molecule has 1 aliphatic rings. The van der Waals surface area contributed by atoms with Crippen molar-refractivity contribution in [1.82, 2.24) is 4.90 Å². The van der Waals surface area contributed by atoms with Crippen molar-refractivity contribution in [3.8, 4) is 0 Å². The number of hydrogen-bond acceptors (Lipinski definition) is 4. The fraction of sp³-hybridized carbons (Fsp3) is 0.889. The van der Waals surface area contributed by atoms with Gasteiger partial charge in [0.15, 0.2) is 5.96 Å². The molecule has 0 amide bonds. The fourth-order valence-electron chi connectivity index (χ4n) is 1.80. The van der Waals surface area contributed by atoms with Crippen LogP contribution in [-0.4, -0.2) is 43.7 Å². The van der Waals surface area contributed by atoms with Gasteiger partial charge in [-0.1, -0.05) is 6.92 Å². The third kappa shape index (κ3) is 2.12. The van der Waals surface area contributed by atoms with E-state index >= 15 is 0 Å². The lowest BCUT2D eigenvalue weighted by Gasteiger charge is -2.29. The van der Waals surface area contributed by atoms with Crippen LogP contribution in [0.1, 0.15) is 13.8 Å². The van der Waals surface area contributed by atoms with Gasteiger partial charge in [-0.3, -0.25) is 4.99 Å². The van der Waals surface area contributed by atoms with Crippen molar-refractivity contribution in [1.29, 1.82) is 0 Å². The molecule has 76 valence electrons. The van der Waals surface area contributed by atoms with Crippen LogP contribution in [0, 0.1) is 5.92 Å². The minimum absolute atomic E-state index is 0.421. The highest BCUT2D eigenvalue weighted by Gasteiger charge is 2.28. The van der Waals surface area contributed by atoms with Crippen LogP contribution in [-0.2, 0) is 4.74 Å². The maximum Gasteiger partial charge on any atom is 0.191 e. The first-order valence-corrected chi connectivity index (χ1v) is 4.76. The molecule has 0 fully saturated rings.